The van der Waals surface area contributed by atoms with Crippen molar-refractivity contribution in [3.05, 3.63) is 54.5 Å². The number of carbonyl (C=O) groups excluding carboxylic acids is 1. The van der Waals surface area contributed by atoms with E-state index in [4.69, 9.17) is 10.2 Å². The van der Waals surface area contributed by atoms with Crippen molar-refractivity contribution in [2.24, 2.45) is 5.73 Å². The van der Waals surface area contributed by atoms with E-state index in [2.05, 4.69) is 0 Å². The largest absolute Gasteiger partial charge is 0.472 e. The van der Waals surface area contributed by atoms with Crippen LogP contribution in [0.5, 0.6) is 0 Å². The van der Waals surface area contributed by atoms with E-state index in [1.54, 1.807) is 11.0 Å². The fraction of sp³-hybridized carbons (Fsp3) is 0.214. The van der Waals surface area contributed by atoms with E-state index in [0.29, 0.717) is 18.7 Å². The smallest absolute Gasteiger partial charge is 0.261 e. The van der Waals surface area contributed by atoms with Crippen molar-refractivity contribution < 1.29 is 9.21 Å². The van der Waals surface area contributed by atoms with Crippen molar-refractivity contribution in [3.63, 3.8) is 0 Å². The molecule has 0 saturated carbocycles. The fourth-order valence-corrected chi connectivity index (χ4v) is 1.75. The van der Waals surface area contributed by atoms with Crippen LogP contribution in [0.15, 0.2) is 53.3 Å². The molecule has 94 valence electrons. The molecule has 1 amide bonds. The van der Waals surface area contributed by atoms with Gasteiger partial charge < -0.3 is 15.1 Å². The lowest BCUT2D eigenvalue weighted by molar-refractivity contribution is 0.0986. The van der Waals surface area contributed by atoms with Gasteiger partial charge >= 0.3 is 0 Å². The summed E-state index contributed by atoms with van der Waals surface area (Å²) in [5, 5.41) is 0. The van der Waals surface area contributed by atoms with Crippen molar-refractivity contribution in [3.8, 4) is 0 Å². The maximum atomic E-state index is 12.3. The highest BCUT2D eigenvalue weighted by molar-refractivity contribution is 6.05. The van der Waals surface area contributed by atoms with Crippen LogP contribution >= 0.6 is 0 Å². The van der Waals surface area contributed by atoms with Crippen molar-refractivity contribution in [1.29, 1.82) is 0 Å². The Balaban J connectivity index is 2.23. The predicted octanol–water partition coefficient (Wildman–Crippen LogP) is 2.28. The van der Waals surface area contributed by atoms with Gasteiger partial charge in [-0.25, -0.2) is 0 Å². The van der Waals surface area contributed by atoms with E-state index in [1.165, 1.54) is 12.5 Å². The summed E-state index contributed by atoms with van der Waals surface area (Å²) in [6, 6.07) is 11.2. The number of furan rings is 1. The molecule has 4 heteroatoms. The molecule has 0 unspecified atom stereocenters. The second-order valence-corrected chi connectivity index (χ2v) is 3.95. The summed E-state index contributed by atoms with van der Waals surface area (Å²) in [7, 11) is 0. The number of para-hydroxylation sites is 1. The predicted molar refractivity (Wildman–Crippen MR) is 70.5 cm³/mol. The Morgan fingerprint density at radius 2 is 2.00 bits per heavy atom. The lowest BCUT2D eigenvalue weighted by Gasteiger charge is -2.22. The number of hydrogen-bond acceptors (Lipinski definition) is 3. The van der Waals surface area contributed by atoms with Crippen LogP contribution < -0.4 is 10.6 Å². The summed E-state index contributed by atoms with van der Waals surface area (Å²) >= 11 is 0. The lowest BCUT2D eigenvalue weighted by Crippen LogP contribution is -2.32. The summed E-state index contributed by atoms with van der Waals surface area (Å²) < 4.78 is 4.95. The zero-order valence-electron chi connectivity index (χ0n) is 10.1. The normalized spacial score (nSPS) is 10.3. The minimum absolute atomic E-state index is 0.0663. The number of carbonyl (C=O) groups is 1. The van der Waals surface area contributed by atoms with E-state index < -0.39 is 0 Å². The van der Waals surface area contributed by atoms with Crippen LogP contribution in [0, 0.1) is 0 Å². The first-order valence-corrected chi connectivity index (χ1v) is 5.92. The van der Waals surface area contributed by atoms with Gasteiger partial charge in [0.15, 0.2) is 0 Å². The Labute approximate surface area is 106 Å². The van der Waals surface area contributed by atoms with Crippen LogP contribution in [0.1, 0.15) is 16.8 Å². The molecule has 0 aliphatic rings. The van der Waals surface area contributed by atoms with Crippen LogP contribution in [0.25, 0.3) is 0 Å². The molecule has 2 rings (SSSR count). The number of rotatable bonds is 5. The molecule has 0 atom stereocenters. The molecule has 0 radical (unpaired) electrons. The Kier molecular flexibility index (Phi) is 4.15. The van der Waals surface area contributed by atoms with Gasteiger partial charge in [-0.15, -0.1) is 0 Å². The molecule has 1 aromatic carbocycles. The van der Waals surface area contributed by atoms with Crippen LogP contribution in [0.3, 0.4) is 0 Å². The molecule has 4 nitrogen and oxygen atoms in total. The van der Waals surface area contributed by atoms with Crippen molar-refractivity contribution >= 4 is 11.6 Å². The van der Waals surface area contributed by atoms with Gasteiger partial charge in [-0.3, -0.25) is 4.79 Å². The van der Waals surface area contributed by atoms with Crippen LogP contribution in [-0.4, -0.2) is 19.0 Å². The average Bonchev–Trinajstić information content (AvgIpc) is 2.94. The van der Waals surface area contributed by atoms with Gasteiger partial charge in [-0.1, -0.05) is 18.2 Å². The van der Waals surface area contributed by atoms with E-state index in [1.807, 2.05) is 30.3 Å². The second kappa shape index (κ2) is 6.02. The monoisotopic (exact) mass is 244 g/mol. The van der Waals surface area contributed by atoms with E-state index >= 15 is 0 Å². The lowest BCUT2D eigenvalue weighted by atomic mass is 10.2. The first kappa shape index (κ1) is 12.4. The van der Waals surface area contributed by atoms with Gasteiger partial charge in [0, 0.05) is 12.2 Å². The molecule has 0 aliphatic heterocycles. The minimum Gasteiger partial charge on any atom is -0.472 e. The third-order valence-electron chi connectivity index (χ3n) is 2.67. The van der Waals surface area contributed by atoms with Gasteiger partial charge in [0.25, 0.3) is 5.91 Å². The molecule has 2 aromatic rings. The number of nitrogens with two attached hydrogens (primary N) is 1. The SMILES string of the molecule is NCCCN(C(=O)c1ccoc1)c1ccccc1. The molecule has 0 fully saturated rings. The summed E-state index contributed by atoms with van der Waals surface area (Å²) in [6.45, 7) is 1.16. The maximum absolute atomic E-state index is 12.3. The van der Waals surface area contributed by atoms with Crippen molar-refractivity contribution in [2.45, 2.75) is 6.42 Å². The van der Waals surface area contributed by atoms with E-state index in [0.717, 1.165) is 12.1 Å². The quantitative estimate of drug-likeness (QED) is 0.877. The molecular weight excluding hydrogens is 228 g/mol. The topological polar surface area (TPSA) is 59.5 Å². The average molecular weight is 244 g/mol. The van der Waals surface area contributed by atoms with Gasteiger partial charge in [0.05, 0.1) is 11.8 Å². The third-order valence-corrected chi connectivity index (χ3v) is 2.67. The van der Waals surface area contributed by atoms with Gasteiger partial charge in [-0.2, -0.15) is 0 Å². The molecule has 0 aliphatic carbocycles. The number of amides is 1. The molecule has 1 heterocycles. The zero-order chi connectivity index (χ0) is 12.8. The van der Waals surface area contributed by atoms with Gasteiger partial charge in [0.1, 0.15) is 6.26 Å². The Bertz CT molecular complexity index is 480. The fourth-order valence-electron chi connectivity index (χ4n) is 1.75. The molecule has 2 N–H and O–H groups in total. The molecule has 0 saturated heterocycles. The Morgan fingerprint density at radius 1 is 1.22 bits per heavy atom. The van der Waals surface area contributed by atoms with Gasteiger partial charge in [0.2, 0.25) is 0 Å². The minimum atomic E-state index is -0.0663. The summed E-state index contributed by atoms with van der Waals surface area (Å²) in [5.74, 6) is -0.0663. The summed E-state index contributed by atoms with van der Waals surface area (Å²) in [6.07, 6.45) is 3.72. The summed E-state index contributed by atoms with van der Waals surface area (Å²) in [4.78, 5) is 14.1. The Hall–Kier alpha value is -2.07. The highest BCUT2D eigenvalue weighted by Gasteiger charge is 2.17. The standard InChI is InChI=1S/C14H16N2O2/c15-8-4-9-16(13-5-2-1-3-6-13)14(17)12-7-10-18-11-12/h1-3,5-7,10-11H,4,8-9,15H2. The number of nitrogens with zero attached hydrogens (tertiary/aromatic N) is 1. The maximum Gasteiger partial charge on any atom is 0.261 e. The molecule has 0 spiro atoms. The highest BCUT2D eigenvalue weighted by atomic mass is 16.3. The summed E-state index contributed by atoms with van der Waals surface area (Å²) in [5.41, 5.74) is 6.94. The number of benzene rings is 1. The first-order valence-electron chi connectivity index (χ1n) is 5.92. The van der Waals surface area contributed by atoms with Crippen molar-refractivity contribution in [2.75, 3.05) is 18.0 Å². The first-order chi connectivity index (χ1) is 8.83. The second-order valence-electron chi connectivity index (χ2n) is 3.95. The molecule has 18 heavy (non-hydrogen) atoms. The Morgan fingerprint density at radius 3 is 2.61 bits per heavy atom. The highest BCUT2D eigenvalue weighted by Crippen LogP contribution is 2.17. The molecule has 0 bridgehead atoms. The van der Waals surface area contributed by atoms with Crippen LogP contribution in [-0.2, 0) is 0 Å². The number of hydrogen-bond donors (Lipinski definition) is 1. The molecular formula is C14H16N2O2. The van der Waals surface area contributed by atoms with Crippen LogP contribution in [0.4, 0.5) is 5.69 Å². The molecule has 1 aromatic heterocycles. The van der Waals surface area contributed by atoms with Crippen LogP contribution in [0.2, 0.25) is 0 Å². The zero-order valence-corrected chi connectivity index (χ0v) is 10.1. The van der Waals surface area contributed by atoms with Gasteiger partial charge in [-0.05, 0) is 31.2 Å². The van der Waals surface area contributed by atoms with E-state index in [-0.39, 0.29) is 5.91 Å². The van der Waals surface area contributed by atoms with Crippen molar-refractivity contribution in [1.82, 2.24) is 0 Å². The van der Waals surface area contributed by atoms with E-state index in [9.17, 15) is 4.79 Å². The number of anilines is 1. The third kappa shape index (κ3) is 2.78.